The Bertz CT molecular complexity index is 936. The minimum atomic E-state index is -0.908. The lowest BCUT2D eigenvalue weighted by atomic mass is 9.99. The van der Waals surface area contributed by atoms with Gasteiger partial charge in [0.25, 0.3) is 0 Å². The van der Waals surface area contributed by atoms with Gasteiger partial charge < -0.3 is 39.9 Å². The number of esters is 1. The number of hydrogen-bond donors (Lipinski definition) is 3. The standard InChI is InChI=1S/C26H44N4O7.C6H14O2/c1-15(2)13-18(27-21(32)10-11-22(33)37-7)24(34)29-23(17(5)6)26(36)30-12-8-9-20(30)25(35)28-19(14-31)16(3)4;1-4-7-6(3)8-5-2/h14-20,23H,8-13H2,1-7H3,(H,27,32)(H,28,35)(H,29,34);6H,4-5H2,1-3H3/t18-,19+,20-,23-;/m0./s1. The van der Waals surface area contributed by atoms with E-state index in [2.05, 4.69) is 20.7 Å². The molecular formula is C32H58N4O9. The van der Waals surface area contributed by atoms with Gasteiger partial charge in [0.1, 0.15) is 24.4 Å². The summed E-state index contributed by atoms with van der Waals surface area (Å²) in [4.78, 5) is 76.2. The third kappa shape index (κ3) is 16.2. The summed E-state index contributed by atoms with van der Waals surface area (Å²) in [6, 6.07) is -3.17. The van der Waals surface area contributed by atoms with Gasteiger partial charge in [0.05, 0.1) is 19.6 Å². The largest absolute Gasteiger partial charge is 0.469 e. The fourth-order valence-corrected chi connectivity index (χ4v) is 4.67. The lowest BCUT2D eigenvalue weighted by Crippen LogP contribution is -2.59. The normalized spacial score (nSPS) is 16.5. The first-order chi connectivity index (χ1) is 21.1. The van der Waals surface area contributed by atoms with Gasteiger partial charge in [-0.1, -0.05) is 41.5 Å². The lowest BCUT2D eigenvalue weighted by Gasteiger charge is -2.32. The molecule has 1 fully saturated rings. The first-order valence-corrected chi connectivity index (χ1v) is 16.1. The molecule has 13 nitrogen and oxygen atoms in total. The number of nitrogens with one attached hydrogen (secondary N) is 3. The predicted octanol–water partition coefficient (Wildman–Crippen LogP) is 2.35. The Morgan fingerprint density at radius 2 is 1.47 bits per heavy atom. The van der Waals surface area contributed by atoms with Crippen LogP contribution in [-0.4, -0.2) is 98.1 Å². The monoisotopic (exact) mass is 642 g/mol. The van der Waals surface area contributed by atoms with Crippen LogP contribution < -0.4 is 16.0 Å². The molecule has 0 unspecified atom stereocenters. The molecule has 0 radical (unpaired) electrons. The second-order valence-corrected chi connectivity index (χ2v) is 12.1. The van der Waals surface area contributed by atoms with Gasteiger partial charge in [-0.05, 0) is 57.8 Å². The fraction of sp³-hybridized carbons (Fsp3) is 0.812. The van der Waals surface area contributed by atoms with E-state index < -0.39 is 42.0 Å². The van der Waals surface area contributed by atoms with E-state index in [0.29, 0.717) is 32.1 Å². The van der Waals surface area contributed by atoms with Gasteiger partial charge in [0.2, 0.25) is 23.6 Å². The third-order valence-electron chi connectivity index (χ3n) is 7.19. The van der Waals surface area contributed by atoms with Crippen molar-refractivity contribution in [2.75, 3.05) is 26.9 Å². The van der Waals surface area contributed by atoms with Crippen molar-refractivity contribution in [3.63, 3.8) is 0 Å². The highest BCUT2D eigenvalue weighted by atomic mass is 16.7. The molecule has 0 saturated carbocycles. The summed E-state index contributed by atoms with van der Waals surface area (Å²) in [7, 11) is 1.23. The Morgan fingerprint density at radius 1 is 0.867 bits per heavy atom. The van der Waals surface area contributed by atoms with Crippen LogP contribution in [0.25, 0.3) is 0 Å². The Labute approximate surface area is 269 Å². The quantitative estimate of drug-likeness (QED) is 0.115. The number of rotatable bonds is 18. The highest BCUT2D eigenvalue weighted by molar-refractivity contribution is 5.95. The maximum absolute atomic E-state index is 13.5. The summed E-state index contributed by atoms with van der Waals surface area (Å²) in [5, 5.41) is 8.17. The number of nitrogens with zero attached hydrogens (tertiary/aromatic N) is 1. The van der Waals surface area contributed by atoms with Crippen molar-refractivity contribution in [2.24, 2.45) is 17.8 Å². The van der Waals surface area contributed by atoms with Crippen molar-refractivity contribution in [1.82, 2.24) is 20.9 Å². The van der Waals surface area contributed by atoms with Crippen LogP contribution in [0.15, 0.2) is 0 Å². The summed E-state index contributed by atoms with van der Waals surface area (Å²) >= 11 is 0. The molecule has 0 aromatic rings. The third-order valence-corrected chi connectivity index (χ3v) is 7.19. The van der Waals surface area contributed by atoms with E-state index in [0.717, 1.165) is 13.2 Å². The summed E-state index contributed by atoms with van der Waals surface area (Å²) < 4.78 is 14.7. The summed E-state index contributed by atoms with van der Waals surface area (Å²) in [6.45, 7) is 18.7. The van der Waals surface area contributed by atoms with E-state index in [9.17, 15) is 28.8 Å². The molecule has 4 atom stereocenters. The maximum Gasteiger partial charge on any atom is 0.306 e. The summed E-state index contributed by atoms with van der Waals surface area (Å²) in [5.41, 5.74) is 0. The average molecular weight is 643 g/mol. The number of carbonyl (C=O) groups is 6. The van der Waals surface area contributed by atoms with Crippen molar-refractivity contribution < 1.29 is 43.0 Å². The second-order valence-electron chi connectivity index (χ2n) is 12.1. The molecule has 0 spiro atoms. The van der Waals surface area contributed by atoms with Crippen LogP contribution in [0, 0.1) is 17.8 Å². The van der Waals surface area contributed by atoms with Crippen molar-refractivity contribution in [3.05, 3.63) is 0 Å². The van der Waals surface area contributed by atoms with Gasteiger partial charge in [-0.2, -0.15) is 0 Å². The predicted molar refractivity (Wildman–Crippen MR) is 170 cm³/mol. The molecule has 1 aliphatic heterocycles. The van der Waals surface area contributed by atoms with Crippen molar-refractivity contribution in [1.29, 1.82) is 0 Å². The number of hydrogen-bond acceptors (Lipinski definition) is 9. The topological polar surface area (TPSA) is 169 Å². The van der Waals surface area contributed by atoms with E-state index in [1.165, 1.54) is 12.0 Å². The van der Waals surface area contributed by atoms with Crippen LogP contribution in [-0.2, 0) is 43.0 Å². The van der Waals surface area contributed by atoms with Crippen LogP contribution in [0.1, 0.15) is 94.4 Å². The Balaban J connectivity index is 0.00000212. The van der Waals surface area contributed by atoms with Crippen LogP contribution in [0.4, 0.5) is 0 Å². The molecule has 3 N–H and O–H groups in total. The Morgan fingerprint density at radius 3 is 1.93 bits per heavy atom. The lowest BCUT2D eigenvalue weighted by molar-refractivity contribution is -0.143. The molecule has 1 aliphatic rings. The number of carbonyl (C=O) groups excluding carboxylic acids is 6. The summed E-state index contributed by atoms with van der Waals surface area (Å²) in [6.07, 6.45) is 1.86. The first kappa shape index (κ1) is 41.9. The molecule has 0 aromatic carbocycles. The molecule has 4 amide bonds. The Hall–Kier alpha value is -3.06. The first-order valence-electron chi connectivity index (χ1n) is 16.1. The number of aldehydes is 1. The molecule has 0 bridgehead atoms. The number of methoxy groups -OCH3 is 1. The number of amides is 4. The zero-order valence-electron chi connectivity index (χ0n) is 29.0. The van der Waals surface area contributed by atoms with E-state index >= 15 is 0 Å². The minimum absolute atomic E-state index is 0.0370. The van der Waals surface area contributed by atoms with Crippen molar-refractivity contribution in [2.45, 2.75) is 125 Å². The number of likely N-dealkylation sites (tertiary alicyclic amines) is 1. The SMILES string of the molecule is CCOC(C)OCC.COC(=O)CCC(=O)N[C@@H](CC(C)C)C(=O)N[C@H](C(=O)N1CCC[C@H]1C(=O)N[C@H](C=O)C(C)C)C(C)C. The average Bonchev–Trinajstić information content (AvgIpc) is 3.47. The zero-order valence-corrected chi connectivity index (χ0v) is 29.0. The summed E-state index contributed by atoms with van der Waals surface area (Å²) in [5.74, 6) is -2.57. The van der Waals surface area contributed by atoms with Gasteiger partial charge in [0, 0.05) is 26.2 Å². The van der Waals surface area contributed by atoms with Gasteiger partial charge in [-0.15, -0.1) is 0 Å². The maximum atomic E-state index is 13.5. The molecular weight excluding hydrogens is 584 g/mol. The highest BCUT2D eigenvalue weighted by Crippen LogP contribution is 2.21. The smallest absolute Gasteiger partial charge is 0.306 e. The van der Waals surface area contributed by atoms with Crippen LogP contribution >= 0.6 is 0 Å². The molecule has 1 saturated heterocycles. The number of ether oxygens (including phenoxy) is 3. The van der Waals surface area contributed by atoms with E-state index in [1.54, 1.807) is 13.8 Å². The van der Waals surface area contributed by atoms with E-state index in [-0.39, 0.29) is 48.7 Å². The van der Waals surface area contributed by atoms with Crippen molar-refractivity contribution in [3.8, 4) is 0 Å². The Kier molecular flexibility index (Phi) is 20.9. The van der Waals surface area contributed by atoms with Crippen LogP contribution in [0.3, 0.4) is 0 Å². The molecule has 1 rings (SSSR count). The van der Waals surface area contributed by atoms with Crippen molar-refractivity contribution >= 4 is 35.9 Å². The minimum Gasteiger partial charge on any atom is -0.469 e. The second kappa shape index (κ2) is 22.4. The van der Waals surface area contributed by atoms with Gasteiger partial charge in [-0.3, -0.25) is 24.0 Å². The molecule has 0 aliphatic carbocycles. The molecule has 260 valence electrons. The van der Waals surface area contributed by atoms with Crippen LogP contribution in [0.2, 0.25) is 0 Å². The van der Waals surface area contributed by atoms with Gasteiger partial charge in [0.15, 0.2) is 6.29 Å². The molecule has 13 heteroatoms. The van der Waals surface area contributed by atoms with Gasteiger partial charge in [-0.25, -0.2) is 0 Å². The van der Waals surface area contributed by atoms with Gasteiger partial charge >= 0.3 is 5.97 Å². The van der Waals surface area contributed by atoms with Crippen LogP contribution in [0.5, 0.6) is 0 Å². The van der Waals surface area contributed by atoms with E-state index in [4.69, 9.17) is 9.47 Å². The molecule has 0 aromatic heterocycles. The molecule has 1 heterocycles. The fourth-order valence-electron chi connectivity index (χ4n) is 4.67. The zero-order chi connectivity index (χ0) is 34.7. The highest BCUT2D eigenvalue weighted by Gasteiger charge is 2.40. The molecule has 45 heavy (non-hydrogen) atoms. The van der Waals surface area contributed by atoms with E-state index in [1.807, 2.05) is 48.5 Å².